The van der Waals surface area contributed by atoms with Crippen LogP contribution < -0.4 is 0 Å². The Kier molecular flexibility index (Phi) is 8.20. The summed E-state index contributed by atoms with van der Waals surface area (Å²) in [7, 11) is 0. The maximum Gasteiger partial charge on any atom is 0.263 e. The minimum atomic E-state index is -1.39. The van der Waals surface area contributed by atoms with Crippen molar-refractivity contribution in [1.29, 1.82) is 0 Å². The Morgan fingerprint density at radius 1 is 0.633 bits per heavy atom. The lowest BCUT2D eigenvalue weighted by Gasteiger charge is -2.30. The van der Waals surface area contributed by atoms with Crippen LogP contribution in [0.15, 0.2) is 168 Å². The zero-order chi connectivity index (χ0) is 33.4. The van der Waals surface area contributed by atoms with Gasteiger partial charge in [-0.25, -0.2) is 15.0 Å². The van der Waals surface area contributed by atoms with Crippen molar-refractivity contribution in [2.45, 2.75) is 19.1 Å². The van der Waals surface area contributed by atoms with Gasteiger partial charge in [0.2, 0.25) is 0 Å². The smallest absolute Gasteiger partial charge is 0.263 e. The van der Waals surface area contributed by atoms with Gasteiger partial charge < -0.3 is 0 Å². The molecule has 0 radical (unpaired) electrons. The Morgan fingerprint density at radius 2 is 1.16 bits per heavy atom. The molecule has 5 aromatic carbocycles. The number of aromatic nitrogens is 2. The Labute approximate surface area is 296 Å². The number of benzene rings is 5. The van der Waals surface area contributed by atoms with Gasteiger partial charge in [-0.3, -0.25) is 4.57 Å². The SMILES string of the molecule is CC1C=CC=C(c2nc(-c3ccccc3Cl)n(C3(c4ccccc4Cl)N=C(c4ccccc4)C(c4ccccc4)=N3)c2-c2ccccc2)C1. The van der Waals surface area contributed by atoms with Gasteiger partial charge in [0.25, 0.3) is 5.79 Å². The highest BCUT2D eigenvalue weighted by atomic mass is 35.5. The molecule has 0 bridgehead atoms. The van der Waals surface area contributed by atoms with E-state index in [9.17, 15) is 0 Å². The predicted molar refractivity (Wildman–Crippen MR) is 203 cm³/mol. The fourth-order valence-corrected chi connectivity index (χ4v) is 7.25. The van der Waals surface area contributed by atoms with E-state index in [4.69, 9.17) is 38.2 Å². The number of rotatable bonds is 7. The molecule has 2 aliphatic rings. The van der Waals surface area contributed by atoms with Crippen LogP contribution in [0.25, 0.3) is 28.2 Å². The molecule has 1 aromatic heterocycles. The Morgan fingerprint density at radius 3 is 1.73 bits per heavy atom. The highest BCUT2D eigenvalue weighted by Gasteiger charge is 2.46. The van der Waals surface area contributed by atoms with Crippen LogP contribution in [0.4, 0.5) is 0 Å². The van der Waals surface area contributed by atoms with Crippen molar-refractivity contribution in [1.82, 2.24) is 9.55 Å². The quantitative estimate of drug-likeness (QED) is 0.166. The second-order valence-corrected chi connectivity index (χ2v) is 13.2. The zero-order valence-corrected chi connectivity index (χ0v) is 28.4. The maximum atomic E-state index is 7.21. The number of hydrogen-bond donors (Lipinski definition) is 0. The van der Waals surface area contributed by atoms with Crippen molar-refractivity contribution in [2.24, 2.45) is 15.9 Å². The maximum absolute atomic E-state index is 7.21. The predicted octanol–water partition coefficient (Wildman–Crippen LogP) is 11.2. The van der Waals surface area contributed by atoms with Crippen LogP contribution in [-0.2, 0) is 5.79 Å². The molecule has 0 N–H and O–H groups in total. The second kappa shape index (κ2) is 13.0. The molecule has 49 heavy (non-hydrogen) atoms. The van der Waals surface area contributed by atoms with E-state index in [0.29, 0.717) is 21.8 Å². The summed E-state index contributed by atoms with van der Waals surface area (Å²) in [6.45, 7) is 2.23. The summed E-state index contributed by atoms with van der Waals surface area (Å²) in [5, 5.41) is 1.13. The van der Waals surface area contributed by atoms with Gasteiger partial charge in [-0.2, -0.15) is 0 Å². The Balaban J connectivity index is 1.57. The minimum Gasteiger partial charge on any atom is -0.275 e. The van der Waals surface area contributed by atoms with Crippen LogP contribution in [0, 0.1) is 5.92 Å². The summed E-state index contributed by atoms with van der Waals surface area (Å²) in [5.74, 6) is -0.389. The average molecular weight is 676 g/mol. The van der Waals surface area contributed by atoms with Gasteiger partial charge >= 0.3 is 0 Å². The fourth-order valence-electron chi connectivity index (χ4n) is 6.76. The Bertz CT molecular complexity index is 2230. The van der Waals surface area contributed by atoms with Crippen LogP contribution in [0.5, 0.6) is 0 Å². The molecule has 0 fully saturated rings. The van der Waals surface area contributed by atoms with Crippen LogP contribution >= 0.6 is 23.2 Å². The first-order valence-corrected chi connectivity index (χ1v) is 17.2. The first kappa shape index (κ1) is 31.0. The standard InChI is InChI=1S/C43H32Cl2N4/c1-29-16-15-23-33(28-29)40-41(32-21-9-4-10-22-32)49(42(46-40)34-24-11-13-26-36(34)44)43(35-25-12-14-27-37(35)45)47-38(30-17-5-2-6-18-30)39(48-43)31-19-7-3-8-20-31/h2-27,29H,28H2,1H3. The molecular weight excluding hydrogens is 643 g/mol. The van der Waals surface area contributed by atoms with Crippen molar-refractivity contribution in [3.05, 3.63) is 190 Å². The molecule has 6 aromatic rings. The van der Waals surface area contributed by atoms with Crippen LogP contribution in [0.2, 0.25) is 10.0 Å². The van der Waals surface area contributed by atoms with E-state index in [0.717, 1.165) is 62.6 Å². The van der Waals surface area contributed by atoms with E-state index >= 15 is 0 Å². The van der Waals surface area contributed by atoms with E-state index in [-0.39, 0.29) is 0 Å². The fraction of sp³-hybridized carbons (Fsp3) is 0.0930. The lowest BCUT2D eigenvalue weighted by atomic mass is 9.92. The van der Waals surface area contributed by atoms with Gasteiger partial charge in [-0.1, -0.05) is 170 Å². The molecule has 4 nitrogen and oxygen atoms in total. The molecule has 1 unspecified atom stereocenters. The number of imidazole rings is 1. The second-order valence-electron chi connectivity index (χ2n) is 12.3. The van der Waals surface area contributed by atoms with Crippen molar-refractivity contribution in [3.63, 3.8) is 0 Å². The summed E-state index contributed by atoms with van der Waals surface area (Å²) in [6.07, 6.45) is 7.37. The molecule has 0 amide bonds. The van der Waals surface area contributed by atoms with E-state index in [2.05, 4.69) is 78.2 Å². The van der Waals surface area contributed by atoms with Gasteiger partial charge in [-0.05, 0) is 36.1 Å². The van der Waals surface area contributed by atoms with Crippen LogP contribution in [0.3, 0.4) is 0 Å². The van der Waals surface area contributed by atoms with E-state index < -0.39 is 5.79 Å². The molecule has 6 heteroatoms. The third-order valence-corrected chi connectivity index (χ3v) is 9.68. The topological polar surface area (TPSA) is 42.5 Å². The number of halogens is 2. The molecule has 0 saturated heterocycles. The molecular formula is C43H32Cl2N4. The van der Waals surface area contributed by atoms with Crippen LogP contribution in [0.1, 0.15) is 35.7 Å². The number of allylic oxidation sites excluding steroid dienone is 4. The summed E-state index contributed by atoms with van der Waals surface area (Å²) in [6, 6.07) is 46.5. The lowest BCUT2D eigenvalue weighted by molar-refractivity contribution is 0.409. The van der Waals surface area contributed by atoms with Crippen molar-refractivity contribution in [2.75, 3.05) is 0 Å². The van der Waals surface area contributed by atoms with Gasteiger partial charge in [0, 0.05) is 27.8 Å². The summed E-state index contributed by atoms with van der Waals surface area (Å²) in [4.78, 5) is 16.9. The summed E-state index contributed by atoms with van der Waals surface area (Å²) in [5.41, 5.74) is 8.81. The molecule has 2 heterocycles. The molecule has 8 rings (SSSR count). The summed E-state index contributed by atoms with van der Waals surface area (Å²) < 4.78 is 2.17. The lowest BCUT2D eigenvalue weighted by Crippen LogP contribution is -2.32. The number of aliphatic imine (C=N–C) groups is 2. The number of hydrogen-bond acceptors (Lipinski definition) is 3. The van der Waals surface area contributed by atoms with E-state index in [1.165, 1.54) is 0 Å². The highest BCUT2D eigenvalue weighted by molar-refractivity contribution is 6.54. The molecule has 0 spiro atoms. The number of nitrogens with zero attached hydrogens (tertiary/aromatic N) is 4. The first-order valence-electron chi connectivity index (χ1n) is 16.4. The Hall–Kier alpha value is -5.29. The van der Waals surface area contributed by atoms with Crippen molar-refractivity contribution in [3.8, 4) is 22.6 Å². The largest absolute Gasteiger partial charge is 0.275 e. The molecule has 1 atom stereocenters. The van der Waals surface area contributed by atoms with Crippen LogP contribution in [-0.4, -0.2) is 21.0 Å². The molecule has 0 saturated carbocycles. The van der Waals surface area contributed by atoms with Gasteiger partial charge in [-0.15, -0.1) is 0 Å². The normalized spacial score (nSPS) is 16.6. The minimum absolute atomic E-state index is 0.354. The first-order chi connectivity index (χ1) is 24.0. The van der Waals surface area contributed by atoms with Crippen molar-refractivity contribution >= 4 is 40.2 Å². The third-order valence-electron chi connectivity index (χ3n) is 9.02. The van der Waals surface area contributed by atoms with Crippen molar-refractivity contribution < 1.29 is 0 Å². The monoisotopic (exact) mass is 674 g/mol. The van der Waals surface area contributed by atoms with E-state index in [1.54, 1.807) is 0 Å². The average Bonchev–Trinajstić information content (AvgIpc) is 3.74. The summed E-state index contributed by atoms with van der Waals surface area (Å²) >= 11 is 14.3. The van der Waals surface area contributed by atoms with E-state index in [1.807, 2.05) is 91.0 Å². The van der Waals surface area contributed by atoms with Gasteiger partial charge in [0.05, 0.1) is 32.9 Å². The van der Waals surface area contributed by atoms with Gasteiger partial charge in [0.1, 0.15) is 5.82 Å². The molecule has 238 valence electrons. The third kappa shape index (κ3) is 5.57. The molecule has 1 aliphatic carbocycles. The molecule has 1 aliphatic heterocycles. The zero-order valence-electron chi connectivity index (χ0n) is 26.8. The van der Waals surface area contributed by atoms with Gasteiger partial charge in [0.15, 0.2) is 0 Å². The highest BCUT2D eigenvalue weighted by Crippen LogP contribution is 2.48.